The van der Waals surface area contributed by atoms with E-state index in [4.69, 9.17) is 4.74 Å². The second kappa shape index (κ2) is 5.67. The van der Waals surface area contributed by atoms with Crippen molar-refractivity contribution in [3.05, 3.63) is 29.3 Å². The molecule has 0 spiro atoms. The maximum atomic E-state index is 11.3. The summed E-state index contributed by atoms with van der Waals surface area (Å²) in [6, 6.07) is 6.12. The highest BCUT2D eigenvalue weighted by Gasteiger charge is 2.12. The third kappa shape index (κ3) is 3.32. The minimum absolute atomic E-state index is 0.0297. The normalized spacial score (nSPS) is 12.7. The Labute approximate surface area is 106 Å². The number of ether oxygens (including phenoxy) is 1. The molecule has 0 aromatic heterocycles. The van der Waals surface area contributed by atoms with Crippen LogP contribution in [0.5, 0.6) is 5.75 Å². The Morgan fingerprint density at radius 1 is 1.39 bits per heavy atom. The lowest BCUT2D eigenvalue weighted by molar-refractivity contribution is -0.127. The van der Waals surface area contributed by atoms with Crippen LogP contribution in [0.2, 0.25) is 0 Å². The van der Waals surface area contributed by atoms with Crippen molar-refractivity contribution in [2.75, 3.05) is 13.2 Å². The Hall–Kier alpha value is -1.84. The van der Waals surface area contributed by atoms with Crippen LogP contribution in [0, 0.1) is 0 Å². The van der Waals surface area contributed by atoms with Crippen LogP contribution in [-0.2, 0) is 22.4 Å². The lowest BCUT2D eigenvalue weighted by atomic mass is 10.1. The van der Waals surface area contributed by atoms with Gasteiger partial charge >= 0.3 is 0 Å². The summed E-state index contributed by atoms with van der Waals surface area (Å²) in [5, 5.41) is 2.74. The average molecular weight is 247 g/mol. The van der Waals surface area contributed by atoms with Crippen molar-refractivity contribution >= 4 is 11.7 Å². The summed E-state index contributed by atoms with van der Waals surface area (Å²) < 4.78 is 5.43. The van der Waals surface area contributed by atoms with E-state index in [-0.39, 0.29) is 18.1 Å². The summed E-state index contributed by atoms with van der Waals surface area (Å²) in [6.45, 7) is 2.74. The molecule has 96 valence electrons. The predicted octanol–water partition coefficient (Wildman–Crippen LogP) is 1.26. The molecule has 0 unspecified atom stereocenters. The lowest BCUT2D eigenvalue weighted by Crippen LogP contribution is -2.27. The van der Waals surface area contributed by atoms with Gasteiger partial charge < -0.3 is 10.1 Å². The zero-order valence-corrected chi connectivity index (χ0v) is 10.5. The first-order chi connectivity index (χ1) is 8.65. The van der Waals surface area contributed by atoms with E-state index >= 15 is 0 Å². The Bertz CT molecular complexity index is 468. The number of benzene rings is 1. The molecular weight excluding hydrogens is 230 g/mol. The molecule has 2 rings (SSSR count). The zero-order valence-electron chi connectivity index (χ0n) is 10.5. The van der Waals surface area contributed by atoms with E-state index in [1.807, 2.05) is 12.1 Å². The molecule has 1 aromatic rings. The minimum Gasteiger partial charge on any atom is -0.493 e. The standard InChI is InChI=1S/C14H17NO3/c1-10(16)8-14(17)15-6-4-11-2-3-13-12(9-11)5-7-18-13/h2-3,9H,4-8H2,1H3,(H,15,17). The van der Waals surface area contributed by atoms with Crippen molar-refractivity contribution in [1.82, 2.24) is 5.32 Å². The van der Waals surface area contributed by atoms with E-state index in [1.54, 1.807) is 0 Å². The van der Waals surface area contributed by atoms with Gasteiger partial charge in [-0.05, 0) is 30.5 Å². The maximum Gasteiger partial charge on any atom is 0.227 e. The molecular formula is C14H17NO3. The van der Waals surface area contributed by atoms with Crippen LogP contribution >= 0.6 is 0 Å². The molecule has 0 saturated heterocycles. The van der Waals surface area contributed by atoms with Crippen molar-refractivity contribution in [1.29, 1.82) is 0 Å². The molecule has 1 N–H and O–H groups in total. The van der Waals surface area contributed by atoms with Gasteiger partial charge in [-0.25, -0.2) is 0 Å². The molecule has 4 heteroatoms. The third-order valence-electron chi connectivity index (χ3n) is 2.90. The monoisotopic (exact) mass is 247 g/mol. The summed E-state index contributed by atoms with van der Waals surface area (Å²) in [7, 11) is 0. The van der Waals surface area contributed by atoms with Gasteiger partial charge in [-0.1, -0.05) is 12.1 Å². The summed E-state index contributed by atoms with van der Waals surface area (Å²) in [6.07, 6.45) is 1.70. The average Bonchev–Trinajstić information content (AvgIpc) is 2.75. The number of fused-ring (bicyclic) bond motifs is 1. The van der Waals surface area contributed by atoms with Crippen molar-refractivity contribution in [2.45, 2.75) is 26.2 Å². The van der Waals surface area contributed by atoms with E-state index in [0.29, 0.717) is 6.54 Å². The summed E-state index contributed by atoms with van der Waals surface area (Å²) in [5.41, 5.74) is 2.42. The predicted molar refractivity (Wildman–Crippen MR) is 67.7 cm³/mol. The largest absolute Gasteiger partial charge is 0.493 e. The second-order valence-corrected chi connectivity index (χ2v) is 4.52. The van der Waals surface area contributed by atoms with Gasteiger partial charge in [-0.2, -0.15) is 0 Å². The summed E-state index contributed by atoms with van der Waals surface area (Å²) in [4.78, 5) is 22.0. The molecule has 1 aromatic carbocycles. The van der Waals surface area contributed by atoms with Gasteiger partial charge in [0.15, 0.2) is 0 Å². The molecule has 1 aliphatic heterocycles. The van der Waals surface area contributed by atoms with E-state index < -0.39 is 0 Å². The van der Waals surface area contributed by atoms with Crippen LogP contribution in [0.1, 0.15) is 24.5 Å². The second-order valence-electron chi connectivity index (χ2n) is 4.52. The van der Waals surface area contributed by atoms with E-state index in [0.717, 1.165) is 25.2 Å². The number of hydrogen-bond acceptors (Lipinski definition) is 3. The van der Waals surface area contributed by atoms with Crippen molar-refractivity contribution < 1.29 is 14.3 Å². The van der Waals surface area contributed by atoms with Crippen molar-refractivity contribution in [3.8, 4) is 5.75 Å². The SMILES string of the molecule is CC(=O)CC(=O)NCCc1ccc2c(c1)CCO2. The van der Waals surface area contributed by atoms with Crippen LogP contribution in [0.4, 0.5) is 0 Å². The fourth-order valence-electron chi connectivity index (χ4n) is 2.03. The summed E-state index contributed by atoms with van der Waals surface area (Å²) >= 11 is 0. The number of hydrogen-bond donors (Lipinski definition) is 1. The van der Waals surface area contributed by atoms with Gasteiger partial charge in [0.25, 0.3) is 0 Å². The topological polar surface area (TPSA) is 55.4 Å². The van der Waals surface area contributed by atoms with Crippen molar-refractivity contribution in [2.24, 2.45) is 0 Å². The Morgan fingerprint density at radius 3 is 3.00 bits per heavy atom. The number of Topliss-reactive ketones (excluding diaryl/α,β-unsaturated/α-hetero) is 1. The Kier molecular flexibility index (Phi) is 3.97. The Morgan fingerprint density at radius 2 is 2.22 bits per heavy atom. The van der Waals surface area contributed by atoms with Crippen LogP contribution < -0.4 is 10.1 Å². The first-order valence-electron chi connectivity index (χ1n) is 6.16. The number of carbonyl (C=O) groups is 2. The molecule has 0 saturated carbocycles. The van der Waals surface area contributed by atoms with E-state index in [9.17, 15) is 9.59 Å². The minimum atomic E-state index is -0.202. The molecule has 18 heavy (non-hydrogen) atoms. The molecule has 0 fully saturated rings. The van der Waals surface area contributed by atoms with Crippen LogP contribution in [-0.4, -0.2) is 24.8 Å². The van der Waals surface area contributed by atoms with Gasteiger partial charge in [0.05, 0.1) is 13.0 Å². The number of amides is 1. The van der Waals surface area contributed by atoms with Gasteiger partial charge in [0, 0.05) is 13.0 Å². The molecule has 0 aliphatic carbocycles. The van der Waals surface area contributed by atoms with E-state index in [2.05, 4.69) is 11.4 Å². The highest BCUT2D eigenvalue weighted by Crippen LogP contribution is 2.25. The molecule has 1 amide bonds. The number of nitrogens with one attached hydrogen (secondary N) is 1. The molecule has 0 radical (unpaired) electrons. The molecule has 1 aliphatic rings. The van der Waals surface area contributed by atoms with Crippen LogP contribution in [0.3, 0.4) is 0 Å². The lowest BCUT2D eigenvalue weighted by Gasteiger charge is -2.06. The maximum absolute atomic E-state index is 11.3. The molecule has 1 heterocycles. The molecule has 0 atom stereocenters. The Balaban J connectivity index is 1.80. The highest BCUT2D eigenvalue weighted by atomic mass is 16.5. The van der Waals surface area contributed by atoms with Gasteiger partial charge in [0.1, 0.15) is 11.5 Å². The first kappa shape index (κ1) is 12.6. The third-order valence-corrected chi connectivity index (χ3v) is 2.90. The molecule has 4 nitrogen and oxygen atoms in total. The number of carbonyl (C=O) groups excluding carboxylic acids is 2. The fraction of sp³-hybridized carbons (Fsp3) is 0.429. The number of rotatable bonds is 5. The first-order valence-corrected chi connectivity index (χ1v) is 6.16. The fourth-order valence-corrected chi connectivity index (χ4v) is 2.03. The van der Waals surface area contributed by atoms with Crippen LogP contribution in [0.25, 0.3) is 0 Å². The summed E-state index contributed by atoms with van der Waals surface area (Å²) in [5.74, 6) is 0.661. The van der Waals surface area contributed by atoms with Gasteiger partial charge in [-0.15, -0.1) is 0 Å². The highest BCUT2D eigenvalue weighted by molar-refractivity contribution is 5.96. The van der Waals surface area contributed by atoms with Crippen molar-refractivity contribution in [3.63, 3.8) is 0 Å². The smallest absolute Gasteiger partial charge is 0.227 e. The van der Waals surface area contributed by atoms with E-state index in [1.165, 1.54) is 18.1 Å². The van der Waals surface area contributed by atoms with Gasteiger partial charge in [-0.3, -0.25) is 9.59 Å². The zero-order chi connectivity index (χ0) is 13.0. The van der Waals surface area contributed by atoms with Crippen LogP contribution in [0.15, 0.2) is 18.2 Å². The van der Waals surface area contributed by atoms with Gasteiger partial charge in [0.2, 0.25) is 5.91 Å². The number of ketones is 1. The quantitative estimate of drug-likeness (QED) is 0.797. The molecule has 0 bridgehead atoms.